The predicted octanol–water partition coefficient (Wildman–Crippen LogP) is 4.67. The summed E-state index contributed by atoms with van der Waals surface area (Å²) in [6, 6.07) is 8.44. The molecule has 2 amide bonds. The monoisotopic (exact) mass is 406 g/mol. The number of amides is 2. The Bertz CT molecular complexity index is 810. The Hall–Kier alpha value is -1.59. The third kappa shape index (κ3) is 4.82. The standard InChI is InChI=1S/C21H27ClN2O2S/c1-13(2)24-21(26)20-19(16-5-3-4-6-17(16)27-20)15-9-7-14(8-10-15)12-23-18(25)11-22/h3-6,13-15H,7-12H2,1-2H3,(H,23,25)(H,24,26). The average Bonchev–Trinajstić information content (AvgIpc) is 3.05. The first-order chi connectivity index (χ1) is 13.0. The van der Waals surface area contributed by atoms with Gasteiger partial charge in [-0.1, -0.05) is 18.2 Å². The zero-order chi connectivity index (χ0) is 19.4. The van der Waals surface area contributed by atoms with Gasteiger partial charge in [0.25, 0.3) is 5.91 Å². The molecule has 0 atom stereocenters. The normalized spacial score (nSPS) is 20.0. The van der Waals surface area contributed by atoms with Crippen molar-refractivity contribution in [3.05, 3.63) is 34.7 Å². The van der Waals surface area contributed by atoms with Crippen LogP contribution in [0.15, 0.2) is 24.3 Å². The highest BCUT2D eigenvalue weighted by Gasteiger charge is 2.29. The van der Waals surface area contributed by atoms with Gasteiger partial charge < -0.3 is 10.6 Å². The van der Waals surface area contributed by atoms with Crippen molar-refractivity contribution in [3.8, 4) is 0 Å². The Morgan fingerprint density at radius 2 is 1.89 bits per heavy atom. The number of benzene rings is 1. The van der Waals surface area contributed by atoms with Crippen LogP contribution in [0.1, 0.15) is 60.7 Å². The van der Waals surface area contributed by atoms with Crippen LogP contribution in [0.5, 0.6) is 0 Å². The SMILES string of the molecule is CC(C)NC(=O)c1sc2ccccc2c1C1CCC(CNC(=O)CCl)CC1. The van der Waals surface area contributed by atoms with Crippen molar-refractivity contribution in [2.75, 3.05) is 12.4 Å². The number of nitrogens with one attached hydrogen (secondary N) is 2. The van der Waals surface area contributed by atoms with Gasteiger partial charge in [-0.2, -0.15) is 0 Å². The van der Waals surface area contributed by atoms with Crippen LogP contribution in [-0.4, -0.2) is 30.3 Å². The van der Waals surface area contributed by atoms with Gasteiger partial charge in [0, 0.05) is 17.3 Å². The maximum Gasteiger partial charge on any atom is 0.261 e. The molecule has 146 valence electrons. The van der Waals surface area contributed by atoms with Crippen molar-refractivity contribution >= 4 is 44.8 Å². The van der Waals surface area contributed by atoms with Gasteiger partial charge in [-0.15, -0.1) is 22.9 Å². The highest BCUT2D eigenvalue weighted by molar-refractivity contribution is 7.21. The van der Waals surface area contributed by atoms with Crippen molar-refractivity contribution in [2.45, 2.75) is 51.5 Å². The van der Waals surface area contributed by atoms with E-state index in [-0.39, 0.29) is 23.7 Å². The fourth-order valence-corrected chi connectivity index (χ4v) is 5.21. The Morgan fingerprint density at radius 1 is 1.19 bits per heavy atom. The van der Waals surface area contributed by atoms with Gasteiger partial charge in [-0.3, -0.25) is 9.59 Å². The second-order valence-electron chi connectivity index (χ2n) is 7.62. The molecule has 0 spiro atoms. The van der Waals surface area contributed by atoms with Crippen molar-refractivity contribution in [3.63, 3.8) is 0 Å². The summed E-state index contributed by atoms with van der Waals surface area (Å²) in [4.78, 5) is 25.0. The summed E-state index contributed by atoms with van der Waals surface area (Å²) < 4.78 is 1.18. The van der Waals surface area contributed by atoms with E-state index in [2.05, 4.69) is 28.8 Å². The van der Waals surface area contributed by atoms with E-state index in [0.717, 1.165) is 30.6 Å². The summed E-state index contributed by atoms with van der Waals surface area (Å²) in [6.45, 7) is 4.68. The summed E-state index contributed by atoms with van der Waals surface area (Å²) in [7, 11) is 0. The summed E-state index contributed by atoms with van der Waals surface area (Å²) in [5.74, 6) is 0.846. The Kier molecular flexibility index (Phi) is 6.77. The molecule has 3 rings (SSSR count). The van der Waals surface area contributed by atoms with Crippen LogP contribution < -0.4 is 10.6 Å². The molecule has 0 aliphatic heterocycles. The lowest BCUT2D eigenvalue weighted by Crippen LogP contribution is -2.32. The first kappa shape index (κ1) is 20.2. The molecule has 6 heteroatoms. The highest BCUT2D eigenvalue weighted by atomic mass is 35.5. The van der Waals surface area contributed by atoms with Crippen LogP contribution in [0, 0.1) is 5.92 Å². The lowest BCUT2D eigenvalue weighted by atomic mass is 9.77. The molecule has 2 N–H and O–H groups in total. The molecule has 0 bridgehead atoms. The Morgan fingerprint density at radius 3 is 2.56 bits per heavy atom. The summed E-state index contributed by atoms with van der Waals surface area (Å²) in [5, 5.41) is 7.18. The molecular weight excluding hydrogens is 380 g/mol. The third-order valence-corrected chi connectivity index (χ3v) is 6.65. The van der Waals surface area contributed by atoms with Crippen molar-refractivity contribution in [2.24, 2.45) is 5.92 Å². The maximum absolute atomic E-state index is 12.8. The van der Waals surface area contributed by atoms with Crippen LogP contribution in [0.3, 0.4) is 0 Å². The third-order valence-electron chi connectivity index (χ3n) is 5.22. The molecule has 1 aromatic heterocycles. The summed E-state index contributed by atoms with van der Waals surface area (Å²) >= 11 is 7.15. The second kappa shape index (κ2) is 9.07. The highest BCUT2D eigenvalue weighted by Crippen LogP contribution is 2.43. The van der Waals surface area contributed by atoms with Crippen LogP contribution in [0.25, 0.3) is 10.1 Å². The van der Waals surface area contributed by atoms with E-state index >= 15 is 0 Å². The topological polar surface area (TPSA) is 58.2 Å². The molecule has 1 heterocycles. The van der Waals surface area contributed by atoms with E-state index < -0.39 is 0 Å². The lowest BCUT2D eigenvalue weighted by molar-refractivity contribution is -0.118. The minimum atomic E-state index is -0.102. The molecule has 1 aromatic carbocycles. The largest absolute Gasteiger partial charge is 0.355 e. The fraction of sp³-hybridized carbons (Fsp3) is 0.524. The second-order valence-corrected chi connectivity index (χ2v) is 8.94. The number of carbonyl (C=O) groups is 2. The van der Waals surface area contributed by atoms with E-state index in [1.807, 2.05) is 19.9 Å². The number of carbonyl (C=O) groups excluding carboxylic acids is 2. The van der Waals surface area contributed by atoms with E-state index in [9.17, 15) is 9.59 Å². The number of hydrogen-bond donors (Lipinski definition) is 2. The molecule has 1 aliphatic carbocycles. The number of hydrogen-bond acceptors (Lipinski definition) is 3. The van der Waals surface area contributed by atoms with E-state index in [0.29, 0.717) is 18.4 Å². The molecule has 0 radical (unpaired) electrons. The quantitative estimate of drug-likeness (QED) is 0.685. The van der Waals surface area contributed by atoms with Gasteiger partial charge in [0.2, 0.25) is 5.91 Å². The summed E-state index contributed by atoms with van der Waals surface area (Å²) in [6.07, 6.45) is 4.21. The molecular formula is C21H27ClN2O2S. The molecule has 1 fully saturated rings. The van der Waals surface area contributed by atoms with Crippen LogP contribution in [0.2, 0.25) is 0 Å². The van der Waals surface area contributed by atoms with Crippen molar-refractivity contribution in [1.82, 2.24) is 10.6 Å². The smallest absolute Gasteiger partial charge is 0.261 e. The van der Waals surface area contributed by atoms with E-state index in [1.54, 1.807) is 11.3 Å². The lowest BCUT2D eigenvalue weighted by Gasteiger charge is -2.29. The van der Waals surface area contributed by atoms with Crippen LogP contribution in [-0.2, 0) is 4.79 Å². The zero-order valence-electron chi connectivity index (χ0n) is 15.9. The average molecular weight is 407 g/mol. The van der Waals surface area contributed by atoms with Gasteiger partial charge in [-0.25, -0.2) is 0 Å². The number of fused-ring (bicyclic) bond motifs is 1. The van der Waals surface area contributed by atoms with Crippen LogP contribution >= 0.6 is 22.9 Å². The van der Waals surface area contributed by atoms with Crippen LogP contribution in [0.4, 0.5) is 0 Å². The molecule has 0 unspecified atom stereocenters. The molecule has 27 heavy (non-hydrogen) atoms. The van der Waals surface area contributed by atoms with E-state index in [1.165, 1.54) is 15.6 Å². The predicted molar refractivity (Wildman–Crippen MR) is 113 cm³/mol. The number of alkyl halides is 1. The minimum Gasteiger partial charge on any atom is -0.355 e. The first-order valence-electron chi connectivity index (χ1n) is 9.64. The molecule has 1 aliphatic rings. The van der Waals surface area contributed by atoms with Gasteiger partial charge in [0.15, 0.2) is 0 Å². The Balaban J connectivity index is 1.78. The summed E-state index contributed by atoms with van der Waals surface area (Å²) in [5.41, 5.74) is 1.22. The molecule has 0 saturated heterocycles. The van der Waals surface area contributed by atoms with Gasteiger partial charge in [0.1, 0.15) is 5.88 Å². The van der Waals surface area contributed by atoms with Crippen molar-refractivity contribution in [1.29, 1.82) is 0 Å². The first-order valence-corrected chi connectivity index (χ1v) is 11.0. The van der Waals surface area contributed by atoms with Gasteiger partial charge >= 0.3 is 0 Å². The molecule has 1 saturated carbocycles. The maximum atomic E-state index is 12.8. The van der Waals surface area contributed by atoms with Gasteiger partial charge in [0.05, 0.1) is 4.88 Å². The van der Waals surface area contributed by atoms with Gasteiger partial charge in [-0.05, 0) is 68.4 Å². The number of thiophene rings is 1. The Labute approximate surface area is 169 Å². The number of rotatable bonds is 6. The minimum absolute atomic E-state index is 0.0184. The molecule has 4 nitrogen and oxygen atoms in total. The van der Waals surface area contributed by atoms with Crippen molar-refractivity contribution < 1.29 is 9.59 Å². The zero-order valence-corrected chi connectivity index (χ0v) is 17.5. The number of halogens is 1. The fourth-order valence-electron chi connectivity index (χ4n) is 3.93. The van der Waals surface area contributed by atoms with E-state index in [4.69, 9.17) is 11.6 Å². The molecule has 2 aromatic rings.